The van der Waals surface area contributed by atoms with Gasteiger partial charge in [0.05, 0.1) is 11.5 Å². The molecule has 1 aromatic carbocycles. The third-order valence-corrected chi connectivity index (χ3v) is 3.18. The Morgan fingerprint density at radius 1 is 1.59 bits per heavy atom. The van der Waals surface area contributed by atoms with Crippen LogP contribution in [0.5, 0.6) is 5.75 Å². The van der Waals surface area contributed by atoms with Crippen LogP contribution in [-0.4, -0.2) is 17.4 Å². The molecule has 1 atom stereocenters. The van der Waals surface area contributed by atoms with Crippen molar-refractivity contribution in [2.75, 3.05) is 12.5 Å². The van der Waals surface area contributed by atoms with E-state index in [0.29, 0.717) is 22.7 Å². The molecular formula is C11H13BrClNO3. The molecule has 0 fully saturated rings. The second kappa shape index (κ2) is 6.21. The molecule has 1 rings (SSSR count). The van der Waals surface area contributed by atoms with Crippen molar-refractivity contribution in [2.24, 2.45) is 5.92 Å². The first kappa shape index (κ1) is 14.3. The summed E-state index contributed by atoms with van der Waals surface area (Å²) in [4.78, 5) is 10.5. The summed E-state index contributed by atoms with van der Waals surface area (Å²) >= 11 is 8.89. The van der Waals surface area contributed by atoms with Gasteiger partial charge in [0.15, 0.2) is 5.75 Å². The average Bonchev–Trinajstić information content (AvgIpc) is 2.26. The van der Waals surface area contributed by atoms with Gasteiger partial charge in [-0.25, -0.2) is 0 Å². The monoisotopic (exact) mass is 321 g/mol. The lowest BCUT2D eigenvalue weighted by Gasteiger charge is -2.12. The summed E-state index contributed by atoms with van der Waals surface area (Å²) in [5.41, 5.74) is 0.700. The van der Waals surface area contributed by atoms with Crippen molar-refractivity contribution in [3.05, 3.63) is 32.3 Å². The van der Waals surface area contributed by atoms with Crippen molar-refractivity contribution in [2.45, 2.75) is 13.8 Å². The zero-order valence-corrected chi connectivity index (χ0v) is 11.9. The number of nitro groups is 1. The van der Waals surface area contributed by atoms with E-state index in [1.807, 2.05) is 6.92 Å². The predicted octanol–water partition coefficient (Wildman–Crippen LogP) is 3.92. The minimum Gasteiger partial charge on any atom is -0.486 e. The van der Waals surface area contributed by atoms with Gasteiger partial charge in [0.1, 0.15) is 0 Å². The molecule has 0 heterocycles. The van der Waals surface area contributed by atoms with Crippen molar-refractivity contribution in [1.82, 2.24) is 0 Å². The number of benzene rings is 1. The second-order valence-corrected chi connectivity index (χ2v) is 5.12. The van der Waals surface area contributed by atoms with E-state index in [-0.39, 0.29) is 11.6 Å². The smallest absolute Gasteiger partial charge is 0.312 e. The molecule has 0 aliphatic carbocycles. The summed E-state index contributed by atoms with van der Waals surface area (Å²) in [6, 6.07) is 3.22. The molecule has 0 aliphatic heterocycles. The lowest BCUT2D eigenvalue weighted by atomic mass is 10.2. The fraction of sp³-hybridized carbons (Fsp3) is 0.455. The molecule has 0 saturated heterocycles. The molecule has 0 saturated carbocycles. The van der Waals surface area contributed by atoms with Crippen LogP contribution in [0.3, 0.4) is 0 Å². The summed E-state index contributed by atoms with van der Waals surface area (Å²) in [7, 11) is 0. The quantitative estimate of drug-likeness (QED) is 0.469. The van der Waals surface area contributed by atoms with Gasteiger partial charge in [-0.1, -0.05) is 22.9 Å². The van der Waals surface area contributed by atoms with Gasteiger partial charge in [0.25, 0.3) is 0 Å². The van der Waals surface area contributed by atoms with Gasteiger partial charge in [-0.05, 0) is 18.6 Å². The van der Waals surface area contributed by atoms with Gasteiger partial charge in [0, 0.05) is 22.3 Å². The molecule has 94 valence electrons. The number of hydrogen-bond donors (Lipinski definition) is 0. The first-order valence-electron chi connectivity index (χ1n) is 5.09. The van der Waals surface area contributed by atoms with Crippen LogP contribution in [0, 0.1) is 23.0 Å². The van der Waals surface area contributed by atoms with Crippen molar-refractivity contribution >= 4 is 33.2 Å². The van der Waals surface area contributed by atoms with Crippen molar-refractivity contribution in [1.29, 1.82) is 0 Å². The van der Waals surface area contributed by atoms with Gasteiger partial charge < -0.3 is 4.74 Å². The zero-order chi connectivity index (χ0) is 13.0. The third kappa shape index (κ3) is 3.85. The van der Waals surface area contributed by atoms with E-state index >= 15 is 0 Å². The van der Waals surface area contributed by atoms with Crippen LogP contribution in [0.4, 0.5) is 5.69 Å². The Morgan fingerprint density at radius 2 is 2.24 bits per heavy atom. The van der Waals surface area contributed by atoms with Crippen LogP contribution in [0.2, 0.25) is 0 Å². The van der Waals surface area contributed by atoms with E-state index in [2.05, 4.69) is 15.9 Å². The molecule has 6 heteroatoms. The topological polar surface area (TPSA) is 52.4 Å². The Balaban J connectivity index is 3.00. The number of alkyl halides is 1. The van der Waals surface area contributed by atoms with Crippen LogP contribution in [-0.2, 0) is 0 Å². The molecule has 0 N–H and O–H groups in total. The van der Waals surface area contributed by atoms with E-state index in [9.17, 15) is 10.1 Å². The third-order valence-electron chi connectivity index (χ3n) is 2.19. The minimum atomic E-state index is -0.446. The Hall–Kier alpha value is -0.810. The maximum atomic E-state index is 10.9. The lowest BCUT2D eigenvalue weighted by molar-refractivity contribution is -0.386. The standard InChI is InChI=1S/C11H13BrClNO3/c1-7(5-13)6-17-11-8(2)3-9(12)4-10(11)14(15)16/h3-4,7H,5-6H2,1-2H3. The van der Waals surface area contributed by atoms with Gasteiger partial charge in [-0.2, -0.15) is 0 Å². The van der Waals surface area contributed by atoms with Crippen LogP contribution in [0.25, 0.3) is 0 Å². The van der Waals surface area contributed by atoms with Gasteiger partial charge in [-0.15, -0.1) is 11.6 Å². The Bertz CT molecular complexity index is 425. The van der Waals surface area contributed by atoms with Crippen molar-refractivity contribution in [3.8, 4) is 5.75 Å². The highest BCUT2D eigenvalue weighted by Crippen LogP contribution is 2.34. The number of halogens is 2. The van der Waals surface area contributed by atoms with Gasteiger partial charge in [-0.3, -0.25) is 10.1 Å². The minimum absolute atomic E-state index is 0.0290. The normalized spacial score (nSPS) is 12.2. The highest BCUT2D eigenvalue weighted by molar-refractivity contribution is 9.10. The van der Waals surface area contributed by atoms with Gasteiger partial charge in [0.2, 0.25) is 0 Å². The number of aryl methyl sites for hydroxylation is 1. The molecule has 0 aliphatic rings. The molecule has 0 amide bonds. The Kier molecular flexibility index (Phi) is 5.21. The number of nitro benzene ring substituents is 1. The molecule has 0 aromatic heterocycles. The van der Waals surface area contributed by atoms with Crippen molar-refractivity contribution < 1.29 is 9.66 Å². The molecular weight excluding hydrogens is 309 g/mol. The highest BCUT2D eigenvalue weighted by atomic mass is 79.9. The summed E-state index contributed by atoms with van der Waals surface area (Å²) in [6.45, 7) is 4.07. The molecule has 4 nitrogen and oxygen atoms in total. The maximum absolute atomic E-state index is 10.9. The maximum Gasteiger partial charge on any atom is 0.312 e. The van der Waals surface area contributed by atoms with E-state index in [0.717, 1.165) is 5.56 Å². The molecule has 17 heavy (non-hydrogen) atoms. The number of nitrogens with zero attached hydrogens (tertiary/aromatic N) is 1. The van der Waals surface area contributed by atoms with Crippen LogP contribution >= 0.6 is 27.5 Å². The number of hydrogen-bond acceptors (Lipinski definition) is 3. The highest BCUT2D eigenvalue weighted by Gasteiger charge is 2.19. The van der Waals surface area contributed by atoms with E-state index < -0.39 is 4.92 Å². The first-order valence-corrected chi connectivity index (χ1v) is 6.41. The van der Waals surface area contributed by atoms with Crippen molar-refractivity contribution in [3.63, 3.8) is 0 Å². The largest absolute Gasteiger partial charge is 0.486 e. The second-order valence-electron chi connectivity index (χ2n) is 3.90. The summed E-state index contributed by atoms with van der Waals surface area (Å²) in [5.74, 6) is 0.929. The fourth-order valence-electron chi connectivity index (χ4n) is 1.31. The van der Waals surface area contributed by atoms with E-state index in [4.69, 9.17) is 16.3 Å². The van der Waals surface area contributed by atoms with Crippen LogP contribution in [0.15, 0.2) is 16.6 Å². The number of ether oxygens (including phenoxy) is 1. The summed E-state index contributed by atoms with van der Waals surface area (Å²) < 4.78 is 6.16. The Labute approximate surface area is 113 Å². The predicted molar refractivity (Wildman–Crippen MR) is 70.9 cm³/mol. The fourth-order valence-corrected chi connectivity index (χ4v) is 1.96. The Morgan fingerprint density at radius 3 is 2.76 bits per heavy atom. The van der Waals surface area contributed by atoms with Crippen LogP contribution in [0.1, 0.15) is 12.5 Å². The zero-order valence-electron chi connectivity index (χ0n) is 9.57. The summed E-state index contributed by atoms with van der Waals surface area (Å²) in [6.07, 6.45) is 0. The van der Waals surface area contributed by atoms with E-state index in [1.165, 1.54) is 6.07 Å². The molecule has 0 radical (unpaired) electrons. The molecule has 1 aromatic rings. The number of rotatable bonds is 5. The average molecular weight is 323 g/mol. The van der Waals surface area contributed by atoms with Gasteiger partial charge >= 0.3 is 5.69 Å². The SMILES string of the molecule is Cc1cc(Br)cc([N+](=O)[O-])c1OCC(C)CCl. The molecule has 0 bridgehead atoms. The molecule has 1 unspecified atom stereocenters. The van der Waals surface area contributed by atoms with Crippen LogP contribution < -0.4 is 4.74 Å². The molecule has 0 spiro atoms. The van der Waals surface area contributed by atoms with E-state index in [1.54, 1.807) is 13.0 Å². The summed E-state index contributed by atoms with van der Waals surface area (Å²) in [5, 5.41) is 10.9. The first-order chi connectivity index (χ1) is 7.95. The lowest BCUT2D eigenvalue weighted by Crippen LogP contribution is -2.11.